The standard InChI is InChI=1S/C15H12ClNS/c1-9-3-4-11(7-10(9)2)15-17-13-6-5-12(16)8-14(13)18-15/h3-8H,1-2H3. The minimum absolute atomic E-state index is 0.762. The lowest BCUT2D eigenvalue weighted by atomic mass is 10.1. The summed E-state index contributed by atoms with van der Waals surface area (Å²) in [4.78, 5) is 4.65. The monoisotopic (exact) mass is 273 g/mol. The van der Waals surface area contributed by atoms with Crippen molar-refractivity contribution in [2.45, 2.75) is 13.8 Å². The minimum Gasteiger partial charge on any atom is -0.236 e. The van der Waals surface area contributed by atoms with Gasteiger partial charge in [0.2, 0.25) is 0 Å². The highest BCUT2D eigenvalue weighted by Gasteiger charge is 2.07. The van der Waals surface area contributed by atoms with Gasteiger partial charge >= 0.3 is 0 Å². The molecule has 1 aromatic heterocycles. The van der Waals surface area contributed by atoms with Crippen molar-refractivity contribution >= 4 is 33.2 Å². The van der Waals surface area contributed by atoms with Gasteiger partial charge in [0.1, 0.15) is 5.01 Å². The Morgan fingerprint density at radius 2 is 1.83 bits per heavy atom. The van der Waals surface area contributed by atoms with Gasteiger partial charge < -0.3 is 0 Å². The zero-order chi connectivity index (χ0) is 12.7. The van der Waals surface area contributed by atoms with Gasteiger partial charge in [-0.3, -0.25) is 0 Å². The molecule has 0 atom stereocenters. The third kappa shape index (κ3) is 2.02. The lowest BCUT2D eigenvalue weighted by molar-refractivity contribution is 1.33. The van der Waals surface area contributed by atoms with Crippen LogP contribution in [0.15, 0.2) is 36.4 Å². The Morgan fingerprint density at radius 3 is 2.61 bits per heavy atom. The van der Waals surface area contributed by atoms with E-state index in [1.807, 2.05) is 18.2 Å². The van der Waals surface area contributed by atoms with Crippen LogP contribution in [0.1, 0.15) is 11.1 Å². The maximum absolute atomic E-state index is 6.00. The van der Waals surface area contributed by atoms with E-state index in [-0.39, 0.29) is 0 Å². The molecule has 3 rings (SSSR count). The lowest BCUT2D eigenvalue weighted by Crippen LogP contribution is -1.82. The Hall–Kier alpha value is -1.38. The molecule has 0 amide bonds. The molecule has 0 aliphatic carbocycles. The third-order valence-corrected chi connectivity index (χ3v) is 4.41. The number of fused-ring (bicyclic) bond motifs is 1. The molecule has 18 heavy (non-hydrogen) atoms. The van der Waals surface area contributed by atoms with Crippen LogP contribution >= 0.6 is 22.9 Å². The topological polar surface area (TPSA) is 12.9 Å². The van der Waals surface area contributed by atoms with Crippen LogP contribution in [-0.2, 0) is 0 Å². The van der Waals surface area contributed by atoms with E-state index in [1.54, 1.807) is 11.3 Å². The molecule has 1 heterocycles. The van der Waals surface area contributed by atoms with Crippen molar-refractivity contribution < 1.29 is 0 Å². The van der Waals surface area contributed by atoms with Gasteiger partial charge in [-0.15, -0.1) is 11.3 Å². The molecule has 0 bridgehead atoms. The molecule has 3 aromatic rings. The first-order valence-electron chi connectivity index (χ1n) is 5.77. The number of nitrogens with zero attached hydrogens (tertiary/aromatic N) is 1. The van der Waals surface area contributed by atoms with Crippen LogP contribution in [0.25, 0.3) is 20.8 Å². The molecule has 0 radical (unpaired) electrons. The molecule has 3 heteroatoms. The predicted molar refractivity (Wildman–Crippen MR) is 79.5 cm³/mol. The van der Waals surface area contributed by atoms with Crippen molar-refractivity contribution in [2.24, 2.45) is 0 Å². The van der Waals surface area contributed by atoms with Crippen molar-refractivity contribution in [1.29, 1.82) is 0 Å². The van der Waals surface area contributed by atoms with E-state index in [1.165, 1.54) is 16.7 Å². The zero-order valence-corrected chi connectivity index (χ0v) is 11.8. The van der Waals surface area contributed by atoms with Gasteiger partial charge in [0.25, 0.3) is 0 Å². The van der Waals surface area contributed by atoms with Gasteiger partial charge in [0.05, 0.1) is 10.2 Å². The van der Waals surface area contributed by atoms with E-state index in [0.29, 0.717) is 0 Å². The van der Waals surface area contributed by atoms with E-state index >= 15 is 0 Å². The molecule has 0 unspecified atom stereocenters. The van der Waals surface area contributed by atoms with Gasteiger partial charge in [-0.2, -0.15) is 0 Å². The average Bonchev–Trinajstić information content (AvgIpc) is 2.75. The van der Waals surface area contributed by atoms with E-state index in [2.05, 4.69) is 37.0 Å². The molecule has 90 valence electrons. The first-order valence-corrected chi connectivity index (χ1v) is 6.96. The van der Waals surface area contributed by atoms with Gasteiger partial charge in [-0.1, -0.05) is 23.7 Å². The molecule has 0 saturated carbocycles. The van der Waals surface area contributed by atoms with E-state index < -0.39 is 0 Å². The van der Waals surface area contributed by atoms with Crippen molar-refractivity contribution in [2.75, 3.05) is 0 Å². The van der Waals surface area contributed by atoms with Crippen LogP contribution in [0.4, 0.5) is 0 Å². The van der Waals surface area contributed by atoms with Crippen LogP contribution in [0.5, 0.6) is 0 Å². The maximum atomic E-state index is 6.00. The van der Waals surface area contributed by atoms with Crippen LogP contribution in [-0.4, -0.2) is 4.98 Å². The summed E-state index contributed by atoms with van der Waals surface area (Å²) in [5.74, 6) is 0. The summed E-state index contributed by atoms with van der Waals surface area (Å²) in [6, 6.07) is 12.3. The molecule has 0 fully saturated rings. The Balaban J connectivity index is 2.16. The SMILES string of the molecule is Cc1ccc(-c2nc3ccc(Cl)cc3s2)cc1C. The second kappa shape index (κ2) is 4.38. The van der Waals surface area contributed by atoms with E-state index in [9.17, 15) is 0 Å². The summed E-state index contributed by atoms with van der Waals surface area (Å²) in [5, 5.41) is 1.81. The summed E-state index contributed by atoms with van der Waals surface area (Å²) in [6.07, 6.45) is 0. The van der Waals surface area contributed by atoms with Crippen molar-refractivity contribution in [3.63, 3.8) is 0 Å². The number of aromatic nitrogens is 1. The van der Waals surface area contributed by atoms with Crippen molar-refractivity contribution in [1.82, 2.24) is 4.98 Å². The highest BCUT2D eigenvalue weighted by molar-refractivity contribution is 7.21. The number of thiazole rings is 1. The highest BCUT2D eigenvalue weighted by Crippen LogP contribution is 2.32. The first kappa shape index (κ1) is 11.7. The zero-order valence-electron chi connectivity index (χ0n) is 10.2. The fraction of sp³-hybridized carbons (Fsp3) is 0.133. The van der Waals surface area contributed by atoms with Crippen molar-refractivity contribution in [3.8, 4) is 10.6 Å². The number of hydrogen-bond donors (Lipinski definition) is 0. The summed E-state index contributed by atoms with van der Waals surface area (Å²) in [5.41, 5.74) is 4.79. The molecule has 0 aliphatic rings. The number of halogens is 1. The Morgan fingerprint density at radius 1 is 1.00 bits per heavy atom. The molecule has 2 aromatic carbocycles. The Kier molecular flexibility index (Phi) is 2.84. The van der Waals surface area contributed by atoms with Gasteiger partial charge in [0.15, 0.2) is 0 Å². The van der Waals surface area contributed by atoms with E-state index in [0.717, 1.165) is 20.2 Å². The van der Waals surface area contributed by atoms with Crippen LogP contribution < -0.4 is 0 Å². The van der Waals surface area contributed by atoms with Gasteiger partial charge in [0, 0.05) is 10.6 Å². The molecule has 0 spiro atoms. The second-order valence-electron chi connectivity index (χ2n) is 4.43. The summed E-state index contributed by atoms with van der Waals surface area (Å²) < 4.78 is 1.13. The number of hydrogen-bond acceptors (Lipinski definition) is 2. The van der Waals surface area contributed by atoms with Crippen LogP contribution in [0.2, 0.25) is 5.02 Å². The number of rotatable bonds is 1. The smallest absolute Gasteiger partial charge is 0.124 e. The lowest BCUT2D eigenvalue weighted by Gasteiger charge is -2.01. The minimum atomic E-state index is 0.762. The quantitative estimate of drug-likeness (QED) is 0.591. The molecule has 0 N–H and O–H groups in total. The number of aryl methyl sites for hydroxylation is 2. The molecular weight excluding hydrogens is 262 g/mol. The summed E-state index contributed by atoms with van der Waals surface area (Å²) in [7, 11) is 0. The van der Waals surface area contributed by atoms with Crippen LogP contribution in [0, 0.1) is 13.8 Å². The average molecular weight is 274 g/mol. The largest absolute Gasteiger partial charge is 0.236 e. The highest BCUT2D eigenvalue weighted by atomic mass is 35.5. The Bertz CT molecular complexity index is 730. The van der Waals surface area contributed by atoms with Gasteiger partial charge in [-0.25, -0.2) is 4.98 Å². The summed E-state index contributed by atoms with van der Waals surface area (Å²) >= 11 is 7.68. The number of benzene rings is 2. The normalized spacial score (nSPS) is 11.1. The molecule has 0 saturated heterocycles. The first-order chi connectivity index (χ1) is 8.63. The molecular formula is C15H12ClNS. The predicted octanol–water partition coefficient (Wildman–Crippen LogP) is 5.23. The third-order valence-electron chi connectivity index (χ3n) is 3.10. The molecule has 1 nitrogen and oxygen atoms in total. The fourth-order valence-corrected chi connectivity index (χ4v) is 3.13. The van der Waals surface area contributed by atoms with E-state index in [4.69, 9.17) is 11.6 Å². The second-order valence-corrected chi connectivity index (χ2v) is 5.90. The Labute approximate surface area is 115 Å². The summed E-state index contributed by atoms with van der Waals surface area (Å²) in [6.45, 7) is 4.25. The van der Waals surface area contributed by atoms with Crippen LogP contribution in [0.3, 0.4) is 0 Å². The van der Waals surface area contributed by atoms with Crippen molar-refractivity contribution in [3.05, 3.63) is 52.5 Å². The maximum Gasteiger partial charge on any atom is 0.124 e. The van der Waals surface area contributed by atoms with Gasteiger partial charge in [-0.05, 0) is 49.2 Å². The fourth-order valence-electron chi connectivity index (χ4n) is 1.90. The molecule has 0 aliphatic heterocycles.